The molecule has 36 heavy (non-hydrogen) atoms. The first-order chi connectivity index (χ1) is 17.6. The van der Waals surface area contributed by atoms with Crippen LogP contribution >= 0.6 is 0 Å². The third kappa shape index (κ3) is 7.52. The normalized spacial score (nSPS) is 11.8. The monoisotopic (exact) mass is 512 g/mol. The van der Waals surface area contributed by atoms with E-state index in [1.807, 2.05) is 63.2 Å². The van der Waals surface area contributed by atoms with Crippen molar-refractivity contribution in [3.8, 4) is 16.9 Å². The van der Waals surface area contributed by atoms with Crippen molar-refractivity contribution in [2.24, 2.45) is 0 Å². The summed E-state index contributed by atoms with van der Waals surface area (Å²) < 4.78 is 29.4. The number of unbranched alkanes of at least 4 members (excludes halogenated alkanes) is 3. The summed E-state index contributed by atoms with van der Waals surface area (Å²) in [6, 6.07) is 16.4. The van der Waals surface area contributed by atoms with E-state index in [1.165, 1.54) is 0 Å². The zero-order chi connectivity index (χ0) is 25.8. The molecule has 6 nitrogen and oxygen atoms in total. The maximum atomic E-state index is 12.7. The molecule has 0 unspecified atom stereocenters. The molecule has 0 N–H and O–H groups in total. The second-order valence-electron chi connectivity index (χ2n) is 8.65. The zero-order valence-electron chi connectivity index (χ0n) is 22.1. The summed E-state index contributed by atoms with van der Waals surface area (Å²) in [6.07, 6.45) is 4.93. The van der Waals surface area contributed by atoms with Gasteiger partial charge in [0, 0.05) is 37.3 Å². The van der Waals surface area contributed by atoms with Crippen molar-refractivity contribution in [2.75, 3.05) is 26.4 Å². The highest BCUT2D eigenvalue weighted by Gasteiger charge is 2.39. The highest BCUT2D eigenvalue weighted by molar-refractivity contribution is 6.60. The molecule has 0 saturated heterocycles. The van der Waals surface area contributed by atoms with Crippen LogP contribution in [0.1, 0.15) is 58.9 Å². The summed E-state index contributed by atoms with van der Waals surface area (Å²) >= 11 is 0. The van der Waals surface area contributed by atoms with Crippen LogP contribution in [0, 0.1) is 0 Å². The van der Waals surface area contributed by atoms with Gasteiger partial charge in [-0.05, 0) is 69.4 Å². The molecule has 0 bridgehead atoms. The Morgan fingerprint density at radius 1 is 0.778 bits per heavy atom. The number of hydrogen-bond donors (Lipinski definition) is 0. The molecule has 0 fully saturated rings. The lowest BCUT2D eigenvalue weighted by atomic mass is 9.99. The summed E-state index contributed by atoms with van der Waals surface area (Å²) in [5, 5.41) is 0.883. The molecule has 0 aliphatic rings. The lowest BCUT2D eigenvalue weighted by molar-refractivity contribution is 0.0706. The summed E-state index contributed by atoms with van der Waals surface area (Å²) in [5.41, 5.74) is 2.87. The minimum absolute atomic E-state index is 0.327. The largest absolute Gasteiger partial charge is 0.500 e. The molecule has 0 amide bonds. The van der Waals surface area contributed by atoms with Gasteiger partial charge in [0.1, 0.15) is 11.3 Å². The van der Waals surface area contributed by atoms with Crippen LogP contribution in [-0.4, -0.2) is 35.2 Å². The van der Waals surface area contributed by atoms with E-state index in [2.05, 4.69) is 6.92 Å². The van der Waals surface area contributed by atoms with Crippen molar-refractivity contribution in [2.45, 2.75) is 65.8 Å². The first-order valence-electron chi connectivity index (χ1n) is 13.3. The summed E-state index contributed by atoms with van der Waals surface area (Å²) in [4.78, 5) is 12.7. The molecule has 0 radical (unpaired) electrons. The Bertz CT molecular complexity index is 1130. The number of fused-ring (bicyclic) bond motifs is 1. The van der Waals surface area contributed by atoms with Gasteiger partial charge in [-0.25, -0.2) is 4.79 Å². The number of aryl methyl sites for hydroxylation is 1. The van der Waals surface area contributed by atoms with E-state index in [4.69, 9.17) is 22.4 Å². The van der Waals surface area contributed by atoms with Crippen molar-refractivity contribution in [1.82, 2.24) is 0 Å². The summed E-state index contributed by atoms with van der Waals surface area (Å²) in [6.45, 7) is 10.5. The fourth-order valence-corrected chi connectivity index (χ4v) is 7.13. The van der Waals surface area contributed by atoms with E-state index in [9.17, 15) is 4.79 Å². The first-order valence-corrected chi connectivity index (χ1v) is 15.2. The molecule has 0 saturated carbocycles. The molecule has 196 valence electrons. The van der Waals surface area contributed by atoms with E-state index >= 15 is 0 Å². The van der Waals surface area contributed by atoms with Crippen molar-refractivity contribution < 1.29 is 22.4 Å². The van der Waals surface area contributed by atoms with Gasteiger partial charge in [0.05, 0.1) is 12.2 Å². The molecule has 3 rings (SSSR count). The van der Waals surface area contributed by atoms with Gasteiger partial charge < -0.3 is 22.4 Å². The average Bonchev–Trinajstić information content (AvgIpc) is 2.88. The topological polar surface area (TPSA) is 67.1 Å². The predicted octanol–water partition coefficient (Wildman–Crippen LogP) is 7.01. The Balaban J connectivity index is 1.52. The Morgan fingerprint density at radius 2 is 1.47 bits per heavy atom. The Morgan fingerprint density at radius 3 is 2.17 bits per heavy atom. The molecule has 0 aliphatic heterocycles. The molecular formula is C29H40O6Si. The second kappa shape index (κ2) is 14.3. The van der Waals surface area contributed by atoms with Gasteiger partial charge >= 0.3 is 14.4 Å². The summed E-state index contributed by atoms with van der Waals surface area (Å²) in [5.74, 6) is 0.711. The van der Waals surface area contributed by atoms with Crippen LogP contribution in [0.25, 0.3) is 22.1 Å². The van der Waals surface area contributed by atoms with Crippen LogP contribution in [0.5, 0.6) is 5.75 Å². The van der Waals surface area contributed by atoms with E-state index in [0.29, 0.717) is 43.3 Å². The van der Waals surface area contributed by atoms with Crippen LogP contribution in [-0.2, 0) is 19.7 Å². The summed E-state index contributed by atoms with van der Waals surface area (Å²) in [7, 11) is -2.55. The van der Waals surface area contributed by atoms with Crippen LogP contribution in [0.3, 0.4) is 0 Å². The Hall–Kier alpha value is -2.45. The van der Waals surface area contributed by atoms with Crippen LogP contribution in [0.15, 0.2) is 57.7 Å². The average molecular weight is 513 g/mol. The molecular weight excluding hydrogens is 472 g/mol. The smallest absolute Gasteiger partial charge is 0.493 e. The quantitative estimate of drug-likeness (QED) is 0.117. The van der Waals surface area contributed by atoms with Gasteiger partial charge in [0.2, 0.25) is 0 Å². The third-order valence-electron chi connectivity index (χ3n) is 6.13. The van der Waals surface area contributed by atoms with E-state index in [1.54, 1.807) is 6.07 Å². The van der Waals surface area contributed by atoms with Crippen LogP contribution < -0.4 is 10.4 Å². The van der Waals surface area contributed by atoms with Crippen molar-refractivity contribution in [1.29, 1.82) is 0 Å². The van der Waals surface area contributed by atoms with Gasteiger partial charge in [-0.2, -0.15) is 0 Å². The van der Waals surface area contributed by atoms with Crippen molar-refractivity contribution in [3.63, 3.8) is 0 Å². The van der Waals surface area contributed by atoms with E-state index in [-0.39, 0.29) is 5.63 Å². The lowest BCUT2D eigenvalue weighted by Crippen LogP contribution is -2.45. The maximum absolute atomic E-state index is 12.7. The van der Waals surface area contributed by atoms with Gasteiger partial charge in [-0.1, -0.05) is 44.0 Å². The molecule has 2 aromatic carbocycles. The first kappa shape index (κ1) is 28.1. The fraction of sp³-hybridized carbons (Fsp3) is 0.483. The van der Waals surface area contributed by atoms with E-state index in [0.717, 1.165) is 54.7 Å². The van der Waals surface area contributed by atoms with Crippen molar-refractivity contribution >= 4 is 19.8 Å². The Labute approximate surface area is 215 Å². The molecule has 7 heteroatoms. The van der Waals surface area contributed by atoms with Crippen LogP contribution in [0.2, 0.25) is 6.04 Å². The molecule has 1 aromatic heterocycles. The highest BCUT2D eigenvalue weighted by Crippen LogP contribution is 2.27. The van der Waals surface area contributed by atoms with Crippen LogP contribution in [0.4, 0.5) is 0 Å². The number of ether oxygens (including phenoxy) is 1. The highest BCUT2D eigenvalue weighted by atomic mass is 28.4. The van der Waals surface area contributed by atoms with Gasteiger partial charge in [-0.15, -0.1) is 0 Å². The molecule has 0 atom stereocenters. The fourth-order valence-electron chi connectivity index (χ4n) is 4.45. The maximum Gasteiger partial charge on any atom is 0.500 e. The number of rotatable bonds is 16. The number of benzene rings is 2. The predicted molar refractivity (Wildman–Crippen MR) is 147 cm³/mol. The molecule has 1 heterocycles. The standard InChI is InChI=1S/C29H40O6Si/c1-5-23-15-11-12-16-26(23)27-21-24-17-18-25(22-28(24)35-29(27)30)31-19-13-9-10-14-20-36(32-6-2,33-7-3)34-8-4/h11-12,15-18,21-22H,5-10,13-14,19-20H2,1-4H3. The number of hydrogen-bond acceptors (Lipinski definition) is 6. The van der Waals surface area contributed by atoms with Gasteiger partial charge in [0.15, 0.2) is 0 Å². The molecule has 0 spiro atoms. The van der Waals surface area contributed by atoms with E-state index < -0.39 is 8.80 Å². The lowest BCUT2D eigenvalue weighted by Gasteiger charge is -2.28. The molecule has 3 aromatic rings. The SMILES string of the molecule is CCO[Si](CCCCCCOc1ccc2cc(-c3ccccc3CC)c(=O)oc2c1)(OCC)OCC. The second-order valence-corrected chi connectivity index (χ2v) is 11.4. The third-order valence-corrected chi connectivity index (χ3v) is 9.29. The van der Waals surface area contributed by atoms with Gasteiger partial charge in [0.25, 0.3) is 0 Å². The minimum Gasteiger partial charge on any atom is -0.493 e. The Kier molecular flexibility index (Phi) is 11.2. The molecule has 0 aliphatic carbocycles. The zero-order valence-corrected chi connectivity index (χ0v) is 23.1. The minimum atomic E-state index is -2.55. The van der Waals surface area contributed by atoms with Gasteiger partial charge in [-0.3, -0.25) is 0 Å². The van der Waals surface area contributed by atoms with Crippen molar-refractivity contribution in [3.05, 3.63) is 64.5 Å².